The summed E-state index contributed by atoms with van der Waals surface area (Å²) < 4.78 is 6.17. The number of benzene rings is 1. The predicted octanol–water partition coefficient (Wildman–Crippen LogP) is 2.50. The zero-order valence-corrected chi connectivity index (χ0v) is 14.6. The molecule has 6 nitrogen and oxygen atoms in total. The van der Waals surface area contributed by atoms with E-state index in [9.17, 15) is 4.79 Å². The Labute approximate surface area is 152 Å². The zero-order chi connectivity index (χ0) is 17.5. The van der Waals surface area contributed by atoms with Gasteiger partial charge in [-0.25, -0.2) is 0 Å². The third kappa shape index (κ3) is 2.94. The van der Waals surface area contributed by atoms with Gasteiger partial charge in [0.2, 0.25) is 11.8 Å². The second-order valence-corrected chi connectivity index (χ2v) is 7.50. The molecule has 4 heterocycles. The topological polar surface area (TPSA) is 67.3 Å². The Morgan fingerprint density at radius 1 is 1.12 bits per heavy atom. The van der Waals surface area contributed by atoms with Crippen molar-refractivity contribution < 1.29 is 9.53 Å². The number of carbonyl (C=O) groups is 1. The summed E-state index contributed by atoms with van der Waals surface area (Å²) in [6, 6.07) is 9.76. The Hall–Kier alpha value is -2.47. The number of nitrogens with zero attached hydrogens (tertiary/aromatic N) is 3. The number of rotatable bonds is 3. The van der Waals surface area contributed by atoms with E-state index in [2.05, 4.69) is 20.4 Å². The molecule has 2 saturated heterocycles. The van der Waals surface area contributed by atoms with E-state index in [1.54, 1.807) is 0 Å². The number of amides is 1. The number of hydrogen-bond donors (Lipinski definition) is 1. The van der Waals surface area contributed by atoms with Gasteiger partial charge >= 0.3 is 0 Å². The maximum atomic E-state index is 11.5. The Kier molecular flexibility index (Phi) is 3.85. The van der Waals surface area contributed by atoms with Crippen LogP contribution in [0.4, 0.5) is 5.69 Å². The number of aromatic nitrogens is 2. The van der Waals surface area contributed by atoms with Crippen molar-refractivity contribution in [3.05, 3.63) is 35.9 Å². The summed E-state index contributed by atoms with van der Waals surface area (Å²) in [7, 11) is 0. The normalized spacial score (nSPS) is 26.9. The molecule has 2 aromatic rings. The number of carbonyl (C=O) groups excluding carboxylic acids is 1. The quantitative estimate of drug-likeness (QED) is 0.921. The van der Waals surface area contributed by atoms with Gasteiger partial charge in [0.15, 0.2) is 0 Å². The van der Waals surface area contributed by atoms with E-state index in [1.807, 2.05) is 30.3 Å². The van der Waals surface area contributed by atoms with Crippen LogP contribution in [-0.2, 0) is 11.2 Å². The van der Waals surface area contributed by atoms with Crippen LogP contribution in [0, 0.1) is 5.92 Å². The van der Waals surface area contributed by atoms with E-state index in [1.165, 1.54) is 19.4 Å². The van der Waals surface area contributed by atoms with Gasteiger partial charge in [-0.15, -0.1) is 10.2 Å². The maximum absolute atomic E-state index is 11.5. The van der Waals surface area contributed by atoms with Gasteiger partial charge in [0.1, 0.15) is 6.10 Å². The number of hydrogen-bond acceptors (Lipinski definition) is 5. The third-order valence-corrected chi connectivity index (χ3v) is 5.74. The summed E-state index contributed by atoms with van der Waals surface area (Å²) >= 11 is 0. The predicted molar refractivity (Wildman–Crippen MR) is 98.0 cm³/mol. The molecule has 2 fully saturated rings. The van der Waals surface area contributed by atoms with E-state index in [0.29, 0.717) is 18.2 Å². The van der Waals surface area contributed by atoms with Crippen molar-refractivity contribution in [1.82, 2.24) is 15.1 Å². The highest BCUT2D eigenvalue weighted by atomic mass is 16.5. The van der Waals surface area contributed by atoms with Crippen molar-refractivity contribution in [3.63, 3.8) is 0 Å². The molecular weight excluding hydrogens is 328 g/mol. The smallest absolute Gasteiger partial charge is 0.233 e. The van der Waals surface area contributed by atoms with Crippen LogP contribution in [0.3, 0.4) is 0 Å². The Balaban J connectivity index is 1.30. The molecule has 3 atom stereocenters. The first kappa shape index (κ1) is 15.8. The standard InChI is InChI=1S/C20H22N4O2/c25-19-11-15-10-13(3-4-16(15)21-19)17-5-6-20(23-22-17)26-18-7-9-24-8-1-2-14(18)12-24/h3-6,10,14,18H,1-2,7-9,11-12H2,(H,21,25)/t14-,18+/m1/s1. The van der Waals surface area contributed by atoms with Gasteiger partial charge in [0.25, 0.3) is 0 Å². The number of ether oxygens (including phenoxy) is 1. The van der Waals surface area contributed by atoms with Crippen LogP contribution in [0.5, 0.6) is 5.88 Å². The fourth-order valence-electron chi connectivity index (χ4n) is 4.38. The SMILES string of the molecule is O=C1Cc2cc(-c3ccc(O[C@H]4CCN5CCC[C@@H]4C5)nn3)ccc2N1. The van der Waals surface area contributed by atoms with Gasteiger partial charge in [0, 0.05) is 36.3 Å². The molecule has 0 aliphatic carbocycles. The van der Waals surface area contributed by atoms with Crippen LogP contribution in [0.15, 0.2) is 30.3 Å². The molecule has 134 valence electrons. The lowest BCUT2D eigenvalue weighted by atomic mass is 9.87. The summed E-state index contributed by atoms with van der Waals surface area (Å²) in [5, 5.41) is 11.5. The first-order valence-corrected chi connectivity index (χ1v) is 9.40. The monoisotopic (exact) mass is 350 g/mol. The molecule has 1 N–H and O–H groups in total. The molecule has 1 aromatic carbocycles. The molecule has 2 bridgehead atoms. The van der Waals surface area contributed by atoms with E-state index in [-0.39, 0.29) is 12.0 Å². The van der Waals surface area contributed by atoms with Crippen LogP contribution in [0.25, 0.3) is 11.3 Å². The lowest BCUT2D eigenvalue weighted by Gasteiger charge is -2.42. The number of anilines is 1. The Morgan fingerprint density at radius 3 is 2.96 bits per heavy atom. The molecule has 3 aliphatic heterocycles. The molecule has 0 saturated carbocycles. The molecule has 5 rings (SSSR count). The van der Waals surface area contributed by atoms with Crippen LogP contribution in [0.2, 0.25) is 0 Å². The lowest BCUT2D eigenvalue weighted by molar-refractivity contribution is -0.115. The van der Waals surface area contributed by atoms with Crippen LogP contribution >= 0.6 is 0 Å². The highest BCUT2D eigenvalue weighted by Gasteiger charge is 2.33. The summed E-state index contributed by atoms with van der Waals surface area (Å²) in [5.74, 6) is 1.26. The molecule has 1 aromatic heterocycles. The lowest BCUT2D eigenvalue weighted by Crippen LogP contribution is -2.49. The minimum Gasteiger partial charge on any atom is -0.473 e. The van der Waals surface area contributed by atoms with E-state index in [4.69, 9.17) is 4.74 Å². The Morgan fingerprint density at radius 2 is 2.08 bits per heavy atom. The summed E-state index contributed by atoms with van der Waals surface area (Å²) in [4.78, 5) is 14.0. The van der Waals surface area contributed by atoms with Crippen LogP contribution < -0.4 is 10.1 Å². The van der Waals surface area contributed by atoms with Gasteiger partial charge in [-0.05, 0) is 49.6 Å². The average Bonchev–Trinajstić information content (AvgIpc) is 3.04. The van der Waals surface area contributed by atoms with Crippen molar-refractivity contribution >= 4 is 11.6 Å². The molecule has 3 aliphatic rings. The fourth-order valence-corrected chi connectivity index (χ4v) is 4.38. The number of fused-ring (bicyclic) bond motifs is 3. The largest absolute Gasteiger partial charge is 0.473 e. The molecule has 0 spiro atoms. The first-order valence-electron chi connectivity index (χ1n) is 9.40. The number of piperidine rings is 2. The molecule has 1 amide bonds. The minimum atomic E-state index is 0.0424. The molecule has 1 unspecified atom stereocenters. The second kappa shape index (κ2) is 6.36. The minimum absolute atomic E-state index is 0.0424. The van der Waals surface area contributed by atoms with Crippen molar-refractivity contribution in [3.8, 4) is 17.1 Å². The van der Waals surface area contributed by atoms with E-state index < -0.39 is 0 Å². The van der Waals surface area contributed by atoms with Gasteiger partial charge in [-0.2, -0.15) is 0 Å². The first-order chi connectivity index (χ1) is 12.7. The van der Waals surface area contributed by atoms with Crippen molar-refractivity contribution in [2.75, 3.05) is 25.0 Å². The van der Waals surface area contributed by atoms with E-state index >= 15 is 0 Å². The van der Waals surface area contributed by atoms with Crippen molar-refractivity contribution in [2.24, 2.45) is 5.92 Å². The van der Waals surface area contributed by atoms with Gasteiger partial charge in [-0.1, -0.05) is 6.07 Å². The molecular formula is C20H22N4O2. The molecule has 0 radical (unpaired) electrons. The van der Waals surface area contributed by atoms with E-state index in [0.717, 1.165) is 42.0 Å². The zero-order valence-electron chi connectivity index (χ0n) is 14.6. The van der Waals surface area contributed by atoms with Gasteiger partial charge in [0.05, 0.1) is 12.1 Å². The van der Waals surface area contributed by atoms with Gasteiger partial charge in [-0.3, -0.25) is 4.79 Å². The third-order valence-electron chi connectivity index (χ3n) is 5.74. The summed E-state index contributed by atoms with van der Waals surface area (Å²) in [6.45, 7) is 3.51. The van der Waals surface area contributed by atoms with Crippen molar-refractivity contribution in [2.45, 2.75) is 31.8 Å². The van der Waals surface area contributed by atoms with Crippen LogP contribution in [0.1, 0.15) is 24.8 Å². The van der Waals surface area contributed by atoms with Gasteiger partial charge < -0.3 is 15.0 Å². The Bertz CT molecular complexity index is 836. The second-order valence-electron chi connectivity index (χ2n) is 7.50. The number of nitrogens with one attached hydrogen (secondary N) is 1. The molecule has 6 heteroatoms. The van der Waals surface area contributed by atoms with Crippen molar-refractivity contribution in [1.29, 1.82) is 0 Å². The highest BCUT2D eigenvalue weighted by molar-refractivity contribution is 5.99. The molecule has 26 heavy (non-hydrogen) atoms. The summed E-state index contributed by atoms with van der Waals surface area (Å²) in [5.41, 5.74) is 3.68. The summed E-state index contributed by atoms with van der Waals surface area (Å²) in [6.07, 6.45) is 4.26. The average molecular weight is 350 g/mol. The highest BCUT2D eigenvalue weighted by Crippen LogP contribution is 2.31. The fraction of sp³-hybridized carbons (Fsp3) is 0.450. The maximum Gasteiger partial charge on any atom is 0.233 e. The van der Waals surface area contributed by atoms with Crippen LogP contribution in [-0.4, -0.2) is 46.7 Å².